The molecule has 0 N–H and O–H groups in total. The van der Waals surface area contributed by atoms with Crippen LogP contribution in [0, 0.1) is 19.8 Å². The van der Waals surface area contributed by atoms with Crippen molar-refractivity contribution in [3.63, 3.8) is 0 Å². The lowest BCUT2D eigenvalue weighted by Crippen LogP contribution is -2.25. The minimum absolute atomic E-state index is 0.110. The van der Waals surface area contributed by atoms with E-state index in [-0.39, 0.29) is 5.91 Å². The van der Waals surface area contributed by atoms with Gasteiger partial charge in [-0.05, 0) is 38.3 Å². The van der Waals surface area contributed by atoms with Gasteiger partial charge in [0.15, 0.2) is 11.0 Å². The summed E-state index contributed by atoms with van der Waals surface area (Å²) < 4.78 is 14.4. The average molecular weight is 396 g/mol. The van der Waals surface area contributed by atoms with Crippen molar-refractivity contribution in [1.29, 1.82) is 0 Å². The summed E-state index contributed by atoms with van der Waals surface area (Å²) in [6, 6.07) is 4.06. The van der Waals surface area contributed by atoms with Crippen molar-refractivity contribution >= 4 is 44.6 Å². The molecule has 2 aromatic rings. The van der Waals surface area contributed by atoms with Crippen LogP contribution in [0.4, 0.5) is 5.00 Å². The zero-order valence-electron chi connectivity index (χ0n) is 15.3. The Kier molecular flexibility index (Phi) is 5.81. The molecule has 1 aliphatic heterocycles. The maximum atomic E-state index is 12.9. The molecule has 3 nitrogen and oxygen atoms in total. The number of carbonyl (C=O) groups is 1. The molecule has 0 saturated carbocycles. The first-order valence-electron chi connectivity index (χ1n) is 8.92. The second kappa shape index (κ2) is 7.72. The molecular formula is C19H25NO2S3. The van der Waals surface area contributed by atoms with E-state index in [1.54, 1.807) is 22.7 Å². The molecule has 2 atom stereocenters. The fourth-order valence-corrected chi connectivity index (χ4v) is 7.38. The zero-order valence-corrected chi connectivity index (χ0v) is 17.7. The Hall–Kier alpha value is -0.980. The van der Waals surface area contributed by atoms with Crippen LogP contribution in [0.3, 0.4) is 0 Å². The number of rotatable bonds is 7. The summed E-state index contributed by atoms with van der Waals surface area (Å²) in [7, 11) is -1.41. The lowest BCUT2D eigenvalue weighted by Gasteiger charge is -2.14. The van der Waals surface area contributed by atoms with Crippen molar-refractivity contribution in [1.82, 2.24) is 0 Å². The van der Waals surface area contributed by atoms with Crippen LogP contribution in [0.5, 0.6) is 0 Å². The van der Waals surface area contributed by atoms with Crippen LogP contribution in [0.15, 0.2) is 17.0 Å². The zero-order chi connectivity index (χ0) is 18.1. The first kappa shape index (κ1) is 18.8. The number of thiophene rings is 2. The largest absolute Gasteiger partial charge is 0.273 e. The Balaban J connectivity index is 1.80. The van der Waals surface area contributed by atoms with Crippen LogP contribution in [0.2, 0.25) is 0 Å². The van der Waals surface area contributed by atoms with Gasteiger partial charge >= 0.3 is 0 Å². The van der Waals surface area contributed by atoms with Gasteiger partial charge in [-0.1, -0.05) is 39.5 Å². The number of fused-ring (bicyclic) bond motifs is 1. The summed E-state index contributed by atoms with van der Waals surface area (Å²) in [5, 5.41) is 0.809. The fraction of sp³-hybridized carbons (Fsp3) is 0.526. The summed E-state index contributed by atoms with van der Waals surface area (Å²) in [5.41, 5.74) is 0.658. The third-order valence-electron chi connectivity index (χ3n) is 4.82. The van der Waals surface area contributed by atoms with Gasteiger partial charge < -0.3 is 0 Å². The normalized spacial score (nSPS) is 18.0. The van der Waals surface area contributed by atoms with Gasteiger partial charge in [-0.25, -0.2) is 8.51 Å². The number of carbonyl (C=O) groups excluding carboxylic acids is 1. The van der Waals surface area contributed by atoms with Crippen LogP contribution in [-0.2, 0) is 17.4 Å². The summed E-state index contributed by atoms with van der Waals surface area (Å²) >= 11 is 3.18. The van der Waals surface area contributed by atoms with E-state index < -0.39 is 11.0 Å². The van der Waals surface area contributed by atoms with Crippen molar-refractivity contribution in [2.45, 2.75) is 64.7 Å². The topological polar surface area (TPSA) is 37.4 Å². The van der Waals surface area contributed by atoms with Crippen LogP contribution >= 0.6 is 22.7 Å². The van der Waals surface area contributed by atoms with E-state index in [1.807, 2.05) is 19.9 Å². The summed E-state index contributed by atoms with van der Waals surface area (Å²) in [5.74, 6) is 0.582. The molecule has 0 radical (unpaired) electrons. The number of hydrogen-bond donors (Lipinski definition) is 0. The third-order valence-corrected chi connectivity index (χ3v) is 8.74. The van der Waals surface area contributed by atoms with Gasteiger partial charge in [-0.3, -0.25) is 4.79 Å². The van der Waals surface area contributed by atoms with Crippen LogP contribution in [-0.4, -0.2) is 10.1 Å². The molecule has 0 aromatic carbocycles. The van der Waals surface area contributed by atoms with Gasteiger partial charge in [-0.2, -0.15) is 0 Å². The molecule has 0 saturated heterocycles. The maximum Gasteiger partial charge on any atom is 0.273 e. The molecule has 6 heteroatoms. The van der Waals surface area contributed by atoms with E-state index in [4.69, 9.17) is 0 Å². The van der Waals surface area contributed by atoms with Crippen molar-refractivity contribution < 1.29 is 9.00 Å². The molecule has 2 aromatic heterocycles. The van der Waals surface area contributed by atoms with E-state index >= 15 is 0 Å². The van der Waals surface area contributed by atoms with Gasteiger partial charge in [0.05, 0.1) is 10.5 Å². The van der Waals surface area contributed by atoms with Crippen molar-refractivity contribution in [2.75, 3.05) is 4.31 Å². The Morgan fingerprint density at radius 3 is 2.56 bits per heavy atom. The van der Waals surface area contributed by atoms with E-state index in [0.717, 1.165) is 26.1 Å². The number of amides is 1. The summed E-state index contributed by atoms with van der Waals surface area (Å²) in [6.07, 6.45) is 5.98. The first-order chi connectivity index (χ1) is 12.0. The van der Waals surface area contributed by atoms with E-state index in [0.29, 0.717) is 11.5 Å². The number of anilines is 1. The SMILES string of the molecule is CCCCC(CC)Cc1ccc(N2C(=O)c3c(C)sc(C)c3S2=O)s1. The summed E-state index contributed by atoms with van der Waals surface area (Å²) in [4.78, 5) is 16.8. The number of nitrogens with zero attached hydrogens (tertiary/aromatic N) is 1. The Morgan fingerprint density at radius 1 is 1.16 bits per heavy atom. The van der Waals surface area contributed by atoms with Gasteiger partial charge in [0.2, 0.25) is 0 Å². The van der Waals surface area contributed by atoms with Gasteiger partial charge in [-0.15, -0.1) is 22.7 Å². The van der Waals surface area contributed by atoms with Crippen molar-refractivity contribution in [3.8, 4) is 0 Å². The Morgan fingerprint density at radius 2 is 1.92 bits per heavy atom. The predicted octanol–water partition coefficient (Wildman–Crippen LogP) is 5.87. The van der Waals surface area contributed by atoms with Crippen molar-refractivity contribution in [2.24, 2.45) is 5.92 Å². The highest BCUT2D eigenvalue weighted by Crippen LogP contribution is 2.42. The molecule has 0 bridgehead atoms. The fourth-order valence-electron chi connectivity index (χ4n) is 3.38. The smallest absolute Gasteiger partial charge is 0.268 e. The predicted molar refractivity (Wildman–Crippen MR) is 108 cm³/mol. The minimum Gasteiger partial charge on any atom is -0.268 e. The van der Waals surface area contributed by atoms with E-state index in [9.17, 15) is 9.00 Å². The van der Waals surface area contributed by atoms with E-state index in [1.165, 1.54) is 34.9 Å². The minimum atomic E-state index is -1.41. The van der Waals surface area contributed by atoms with Gasteiger partial charge in [0, 0.05) is 14.6 Å². The monoisotopic (exact) mass is 395 g/mol. The molecule has 0 aliphatic carbocycles. The molecule has 1 aliphatic rings. The second-order valence-electron chi connectivity index (χ2n) is 6.63. The quantitative estimate of drug-likeness (QED) is 0.588. The standard InChI is InChI=1S/C19H25NO2S3/c1-5-7-8-14(6-2)11-15-9-10-16(24-15)20-19(21)17-12(3)23-13(4)18(17)25(20)22/h9-10,14H,5-8,11H2,1-4H3. The van der Waals surface area contributed by atoms with Gasteiger partial charge in [0.25, 0.3) is 5.91 Å². The molecule has 0 fully saturated rings. The van der Waals surface area contributed by atoms with Gasteiger partial charge in [0.1, 0.15) is 5.00 Å². The molecule has 3 rings (SSSR count). The highest BCUT2D eigenvalue weighted by molar-refractivity contribution is 7.88. The number of unbranched alkanes of at least 4 members (excludes halogenated alkanes) is 1. The lowest BCUT2D eigenvalue weighted by atomic mass is 9.95. The lowest BCUT2D eigenvalue weighted by molar-refractivity contribution is 0.101. The van der Waals surface area contributed by atoms with Crippen LogP contribution < -0.4 is 4.31 Å². The molecular weight excluding hydrogens is 370 g/mol. The molecule has 0 spiro atoms. The maximum absolute atomic E-state index is 12.9. The Bertz CT molecular complexity index is 769. The molecule has 25 heavy (non-hydrogen) atoms. The molecule has 136 valence electrons. The van der Waals surface area contributed by atoms with E-state index in [2.05, 4.69) is 19.9 Å². The second-order valence-corrected chi connectivity index (χ2v) is 10.5. The number of aryl methyl sites for hydroxylation is 2. The number of hydrogen-bond acceptors (Lipinski definition) is 4. The third kappa shape index (κ3) is 3.49. The highest BCUT2D eigenvalue weighted by atomic mass is 32.2. The first-order valence-corrected chi connectivity index (χ1v) is 11.7. The van der Waals surface area contributed by atoms with Crippen LogP contribution in [0.25, 0.3) is 0 Å². The van der Waals surface area contributed by atoms with Crippen LogP contribution in [0.1, 0.15) is 64.5 Å². The summed E-state index contributed by atoms with van der Waals surface area (Å²) in [6.45, 7) is 8.36. The molecule has 3 heterocycles. The Labute approximate surface area is 160 Å². The molecule has 2 unspecified atom stereocenters. The highest BCUT2D eigenvalue weighted by Gasteiger charge is 2.40. The molecule has 1 amide bonds. The average Bonchev–Trinajstić information content (AvgIpc) is 3.21. The van der Waals surface area contributed by atoms with Crippen molar-refractivity contribution in [3.05, 3.63) is 32.3 Å².